The zero-order chi connectivity index (χ0) is 16.8. The monoisotopic (exact) mass is 299 g/mol. The number of rotatable bonds is 3. The van der Waals surface area contributed by atoms with Crippen molar-refractivity contribution in [2.24, 2.45) is 0 Å². The average molecular weight is 299 g/mol. The first-order valence-electron chi connectivity index (χ1n) is 8.28. The van der Waals surface area contributed by atoms with Crippen LogP contribution in [0.5, 0.6) is 5.75 Å². The third-order valence-electron chi connectivity index (χ3n) is 2.82. The van der Waals surface area contributed by atoms with Gasteiger partial charge in [-0.1, -0.05) is 41.5 Å². The fourth-order valence-electron chi connectivity index (χ4n) is 1.86. The van der Waals surface area contributed by atoms with Gasteiger partial charge in [-0.3, -0.25) is 0 Å². The normalized spacial score (nSPS) is 18.5. The van der Waals surface area contributed by atoms with Crippen LogP contribution in [-0.2, 0) is 0 Å². The van der Waals surface area contributed by atoms with E-state index in [0.717, 1.165) is 18.4 Å². The van der Waals surface area contributed by atoms with E-state index in [2.05, 4.69) is 5.32 Å². The molecule has 3 heteroatoms. The minimum atomic E-state index is -0.227. The molecule has 1 aromatic rings. The van der Waals surface area contributed by atoms with Crippen LogP contribution in [0.4, 0.5) is 4.39 Å². The zero-order valence-electron chi connectivity index (χ0n) is 15.1. The second kappa shape index (κ2) is 13.9. The van der Waals surface area contributed by atoms with Crippen molar-refractivity contribution in [3.05, 3.63) is 29.6 Å². The van der Waals surface area contributed by atoms with Crippen LogP contribution < -0.4 is 10.1 Å². The van der Waals surface area contributed by atoms with Crippen LogP contribution in [0.1, 0.15) is 59.9 Å². The Balaban J connectivity index is 0. The quantitative estimate of drug-likeness (QED) is 0.813. The Morgan fingerprint density at radius 2 is 1.52 bits per heavy atom. The molecule has 1 aliphatic rings. The van der Waals surface area contributed by atoms with Crippen LogP contribution in [0.2, 0.25) is 0 Å². The van der Waals surface area contributed by atoms with Gasteiger partial charge in [0.25, 0.3) is 0 Å². The van der Waals surface area contributed by atoms with Gasteiger partial charge in [-0.15, -0.1) is 0 Å². The van der Waals surface area contributed by atoms with Crippen molar-refractivity contribution in [1.82, 2.24) is 5.32 Å². The highest BCUT2D eigenvalue weighted by atomic mass is 19.1. The van der Waals surface area contributed by atoms with Gasteiger partial charge in [-0.25, -0.2) is 4.39 Å². The van der Waals surface area contributed by atoms with E-state index in [1.165, 1.54) is 12.1 Å². The fourth-order valence-corrected chi connectivity index (χ4v) is 1.86. The number of benzene rings is 1. The molecule has 0 saturated heterocycles. The maximum Gasteiger partial charge on any atom is 0.127 e. The lowest BCUT2D eigenvalue weighted by molar-refractivity contribution is 0.0881. The van der Waals surface area contributed by atoms with E-state index >= 15 is 0 Å². The molecule has 21 heavy (non-hydrogen) atoms. The second-order valence-corrected chi connectivity index (χ2v) is 4.16. The molecule has 0 aliphatic heterocycles. The molecular formula is C18H34FNO. The maximum atomic E-state index is 13.1. The van der Waals surface area contributed by atoms with Crippen LogP contribution in [0, 0.1) is 12.7 Å². The van der Waals surface area contributed by atoms with Crippen molar-refractivity contribution in [1.29, 1.82) is 0 Å². The average Bonchev–Trinajstić information content (AvgIpc) is 2.48. The molecule has 1 N–H and O–H groups in total. The highest BCUT2D eigenvalue weighted by molar-refractivity contribution is 5.29. The van der Waals surface area contributed by atoms with Gasteiger partial charge in [0, 0.05) is 12.1 Å². The Hall–Kier alpha value is -1.09. The molecule has 0 atom stereocenters. The van der Waals surface area contributed by atoms with Crippen molar-refractivity contribution in [3.8, 4) is 5.75 Å². The highest BCUT2D eigenvalue weighted by Crippen LogP contribution is 2.26. The SMILES string of the molecule is CC.CC.CC.CNC1CC(Oc2cc(C)cc(F)c2)C1. The predicted molar refractivity (Wildman–Crippen MR) is 91.7 cm³/mol. The fraction of sp³-hybridized carbons (Fsp3) is 0.667. The van der Waals surface area contributed by atoms with Crippen LogP contribution >= 0.6 is 0 Å². The molecule has 0 heterocycles. The number of halogens is 1. The third-order valence-corrected chi connectivity index (χ3v) is 2.82. The second-order valence-electron chi connectivity index (χ2n) is 4.16. The molecule has 2 nitrogen and oxygen atoms in total. The molecular weight excluding hydrogens is 265 g/mol. The summed E-state index contributed by atoms with van der Waals surface area (Å²) in [5, 5.41) is 3.19. The Bertz CT molecular complexity index is 329. The lowest BCUT2D eigenvalue weighted by atomic mass is 9.89. The molecule has 124 valence electrons. The Morgan fingerprint density at radius 3 is 1.95 bits per heavy atom. The van der Waals surface area contributed by atoms with Gasteiger partial charge < -0.3 is 10.1 Å². The molecule has 1 saturated carbocycles. The summed E-state index contributed by atoms with van der Waals surface area (Å²) in [4.78, 5) is 0. The lowest BCUT2D eigenvalue weighted by Gasteiger charge is -2.35. The summed E-state index contributed by atoms with van der Waals surface area (Å²) < 4.78 is 18.7. The van der Waals surface area contributed by atoms with Gasteiger partial charge in [0.2, 0.25) is 0 Å². The molecule has 0 amide bonds. The minimum Gasteiger partial charge on any atom is -0.490 e. The summed E-state index contributed by atoms with van der Waals surface area (Å²) in [5.74, 6) is 0.418. The summed E-state index contributed by atoms with van der Waals surface area (Å²) in [7, 11) is 1.95. The van der Waals surface area contributed by atoms with Crippen molar-refractivity contribution < 1.29 is 9.13 Å². The molecule has 0 unspecified atom stereocenters. The van der Waals surface area contributed by atoms with Crippen LogP contribution in [0.3, 0.4) is 0 Å². The first kappa shape index (κ1) is 22.2. The van der Waals surface area contributed by atoms with Crippen LogP contribution in [-0.4, -0.2) is 19.2 Å². The summed E-state index contributed by atoms with van der Waals surface area (Å²) in [6.07, 6.45) is 2.25. The molecule has 1 aliphatic carbocycles. The number of nitrogens with one attached hydrogen (secondary N) is 1. The van der Waals surface area contributed by atoms with E-state index in [-0.39, 0.29) is 11.9 Å². The predicted octanol–water partition coefficient (Wildman–Crippen LogP) is 5.34. The van der Waals surface area contributed by atoms with Gasteiger partial charge in [-0.05, 0) is 44.5 Å². The Morgan fingerprint density at radius 1 is 1.00 bits per heavy atom. The highest BCUT2D eigenvalue weighted by Gasteiger charge is 2.29. The van der Waals surface area contributed by atoms with Gasteiger partial charge in [0.15, 0.2) is 0 Å². The van der Waals surface area contributed by atoms with E-state index < -0.39 is 0 Å². The zero-order valence-corrected chi connectivity index (χ0v) is 15.1. The lowest BCUT2D eigenvalue weighted by Crippen LogP contribution is -2.45. The summed E-state index contributed by atoms with van der Waals surface area (Å²) >= 11 is 0. The molecule has 1 fully saturated rings. The van der Waals surface area contributed by atoms with E-state index in [0.29, 0.717) is 11.8 Å². The van der Waals surface area contributed by atoms with E-state index in [4.69, 9.17) is 4.74 Å². The van der Waals surface area contributed by atoms with Crippen molar-refractivity contribution in [2.75, 3.05) is 7.05 Å². The first-order valence-corrected chi connectivity index (χ1v) is 8.28. The van der Waals surface area contributed by atoms with Gasteiger partial charge in [-0.2, -0.15) is 0 Å². The van der Waals surface area contributed by atoms with E-state index in [1.807, 2.05) is 61.6 Å². The largest absolute Gasteiger partial charge is 0.490 e. The standard InChI is InChI=1S/C12H16FNO.3C2H6/c1-8-3-9(13)5-11(4-8)15-12-6-10(7-12)14-2;3*1-2/h3-5,10,12,14H,6-7H2,1-2H3;3*1-2H3. The third kappa shape index (κ3) is 8.71. The molecule has 0 radical (unpaired) electrons. The van der Waals surface area contributed by atoms with Gasteiger partial charge >= 0.3 is 0 Å². The number of hydrogen-bond acceptors (Lipinski definition) is 2. The number of aryl methyl sites for hydroxylation is 1. The Kier molecular flexibility index (Phi) is 14.7. The molecule has 0 aromatic heterocycles. The smallest absolute Gasteiger partial charge is 0.127 e. The van der Waals surface area contributed by atoms with Gasteiger partial charge in [0.05, 0.1) is 0 Å². The molecule has 2 rings (SSSR count). The molecule has 0 spiro atoms. The van der Waals surface area contributed by atoms with Crippen molar-refractivity contribution in [3.63, 3.8) is 0 Å². The topological polar surface area (TPSA) is 21.3 Å². The van der Waals surface area contributed by atoms with Crippen LogP contribution in [0.25, 0.3) is 0 Å². The molecule has 1 aromatic carbocycles. The van der Waals surface area contributed by atoms with Crippen LogP contribution in [0.15, 0.2) is 18.2 Å². The van der Waals surface area contributed by atoms with Gasteiger partial charge in [0.1, 0.15) is 17.7 Å². The summed E-state index contributed by atoms with van der Waals surface area (Å²) in [6.45, 7) is 13.9. The van der Waals surface area contributed by atoms with Crippen molar-refractivity contribution in [2.45, 2.75) is 73.5 Å². The summed E-state index contributed by atoms with van der Waals surface area (Å²) in [5.41, 5.74) is 0.898. The maximum absolute atomic E-state index is 13.1. The number of ether oxygens (including phenoxy) is 1. The Labute approximate surface area is 131 Å². The first-order chi connectivity index (χ1) is 10.2. The number of hydrogen-bond donors (Lipinski definition) is 1. The van der Waals surface area contributed by atoms with E-state index in [1.54, 1.807) is 0 Å². The minimum absolute atomic E-state index is 0.227. The van der Waals surface area contributed by atoms with Crippen molar-refractivity contribution >= 4 is 0 Å². The van der Waals surface area contributed by atoms with E-state index in [9.17, 15) is 4.39 Å². The summed E-state index contributed by atoms with van der Waals surface area (Å²) in [6, 6.07) is 5.38. The molecule has 0 bridgehead atoms.